The van der Waals surface area contributed by atoms with Crippen LogP contribution in [0.5, 0.6) is 0 Å². The minimum absolute atomic E-state index is 0.0727. The number of rotatable bonds is 4. The van der Waals surface area contributed by atoms with Crippen LogP contribution in [0.25, 0.3) is 16.6 Å². The summed E-state index contributed by atoms with van der Waals surface area (Å²) in [6.07, 6.45) is 3.39. The van der Waals surface area contributed by atoms with Crippen molar-refractivity contribution in [3.8, 4) is 5.69 Å². The lowest BCUT2D eigenvalue weighted by molar-refractivity contribution is 0.815. The third-order valence-corrected chi connectivity index (χ3v) is 5.31. The van der Waals surface area contributed by atoms with E-state index in [-0.39, 0.29) is 5.56 Å². The molecule has 0 aliphatic carbocycles. The zero-order chi connectivity index (χ0) is 18.8. The van der Waals surface area contributed by atoms with E-state index in [0.717, 1.165) is 11.4 Å². The molecule has 134 valence electrons. The molecule has 4 rings (SSSR count). The molecule has 0 amide bonds. The highest BCUT2D eigenvalue weighted by Crippen LogP contribution is 2.25. The number of aromatic nitrogens is 3. The van der Waals surface area contributed by atoms with Crippen molar-refractivity contribution >= 4 is 22.7 Å². The fourth-order valence-electron chi connectivity index (χ4n) is 3.22. The van der Waals surface area contributed by atoms with Crippen LogP contribution < -0.4 is 5.56 Å². The first kappa shape index (κ1) is 17.5. The average molecular weight is 373 g/mol. The number of hydrogen-bond donors (Lipinski definition) is 0. The Morgan fingerprint density at radius 3 is 2.52 bits per heavy atom. The van der Waals surface area contributed by atoms with Gasteiger partial charge in [0.05, 0.1) is 22.8 Å². The summed E-state index contributed by atoms with van der Waals surface area (Å²) in [5.41, 5.74) is 5.06. The molecule has 0 saturated carbocycles. The lowest BCUT2D eigenvalue weighted by Crippen LogP contribution is -2.21. The third kappa shape index (κ3) is 3.64. The van der Waals surface area contributed by atoms with Crippen LogP contribution in [0.1, 0.15) is 16.7 Å². The van der Waals surface area contributed by atoms with Crippen LogP contribution in [-0.4, -0.2) is 14.5 Å². The predicted molar refractivity (Wildman–Crippen MR) is 111 cm³/mol. The summed E-state index contributed by atoms with van der Waals surface area (Å²) >= 11 is 1.57. The van der Waals surface area contributed by atoms with Gasteiger partial charge < -0.3 is 0 Å². The zero-order valence-electron chi connectivity index (χ0n) is 15.2. The maximum Gasteiger partial charge on any atom is 0.266 e. The van der Waals surface area contributed by atoms with Crippen LogP contribution >= 0.6 is 11.8 Å². The van der Waals surface area contributed by atoms with Gasteiger partial charge in [-0.2, -0.15) is 0 Å². The normalized spacial score (nSPS) is 11.0. The second-order valence-corrected chi connectivity index (χ2v) is 7.49. The summed E-state index contributed by atoms with van der Waals surface area (Å²) in [5, 5.41) is 1.28. The fraction of sp³-hybridized carbons (Fsp3) is 0.136. The minimum Gasteiger partial charge on any atom is -0.268 e. The highest BCUT2D eigenvalue weighted by molar-refractivity contribution is 7.98. The van der Waals surface area contributed by atoms with E-state index in [9.17, 15) is 4.79 Å². The molecular weight excluding hydrogens is 354 g/mol. The average Bonchev–Trinajstić information content (AvgIpc) is 2.66. The molecule has 2 aromatic carbocycles. The van der Waals surface area contributed by atoms with Crippen molar-refractivity contribution in [1.29, 1.82) is 0 Å². The Kier molecular flexibility index (Phi) is 4.77. The largest absolute Gasteiger partial charge is 0.268 e. The lowest BCUT2D eigenvalue weighted by Gasteiger charge is -2.13. The van der Waals surface area contributed by atoms with Gasteiger partial charge in [-0.15, -0.1) is 0 Å². The Morgan fingerprint density at radius 2 is 1.78 bits per heavy atom. The van der Waals surface area contributed by atoms with E-state index in [1.54, 1.807) is 28.7 Å². The highest BCUT2D eigenvalue weighted by Gasteiger charge is 2.13. The maximum atomic E-state index is 13.2. The molecule has 0 unspecified atom stereocenters. The summed E-state index contributed by atoms with van der Waals surface area (Å²) < 4.78 is 1.66. The quantitative estimate of drug-likeness (QED) is 0.385. The van der Waals surface area contributed by atoms with Gasteiger partial charge in [-0.25, -0.2) is 4.98 Å². The Balaban J connectivity index is 1.82. The van der Waals surface area contributed by atoms with Crippen molar-refractivity contribution in [3.63, 3.8) is 0 Å². The van der Waals surface area contributed by atoms with Gasteiger partial charge in [0.15, 0.2) is 5.16 Å². The fourth-order valence-corrected chi connectivity index (χ4v) is 4.17. The van der Waals surface area contributed by atoms with Crippen LogP contribution in [0.3, 0.4) is 0 Å². The molecule has 0 N–H and O–H groups in total. The number of hydrogen-bond acceptors (Lipinski definition) is 4. The molecule has 27 heavy (non-hydrogen) atoms. The summed E-state index contributed by atoms with van der Waals surface area (Å²) in [4.78, 5) is 22.1. The van der Waals surface area contributed by atoms with Crippen molar-refractivity contribution in [2.24, 2.45) is 0 Å². The number of fused-ring (bicyclic) bond motifs is 1. The third-order valence-electron chi connectivity index (χ3n) is 4.30. The SMILES string of the molecule is Cc1cc(C)cc(CSc2nc3ccccc3c(=O)n2-c2cccnc2)c1. The number of para-hydroxylation sites is 1. The molecule has 0 radical (unpaired) electrons. The second kappa shape index (κ2) is 7.37. The molecule has 0 spiro atoms. The summed E-state index contributed by atoms with van der Waals surface area (Å²) in [6.45, 7) is 4.20. The monoisotopic (exact) mass is 373 g/mol. The first-order valence-electron chi connectivity index (χ1n) is 8.74. The number of nitrogens with zero attached hydrogens (tertiary/aromatic N) is 3. The van der Waals surface area contributed by atoms with E-state index in [0.29, 0.717) is 16.1 Å². The minimum atomic E-state index is -0.0727. The van der Waals surface area contributed by atoms with Gasteiger partial charge in [-0.3, -0.25) is 14.3 Å². The number of aryl methyl sites for hydroxylation is 2. The summed E-state index contributed by atoms with van der Waals surface area (Å²) in [5.74, 6) is 0.744. The van der Waals surface area contributed by atoms with Crippen LogP contribution in [-0.2, 0) is 5.75 Å². The molecule has 2 aromatic heterocycles. The van der Waals surface area contributed by atoms with Crippen molar-refractivity contribution in [2.45, 2.75) is 24.8 Å². The second-order valence-electron chi connectivity index (χ2n) is 6.55. The molecule has 0 aliphatic rings. The van der Waals surface area contributed by atoms with Gasteiger partial charge in [0.25, 0.3) is 5.56 Å². The Morgan fingerprint density at radius 1 is 1.00 bits per heavy atom. The van der Waals surface area contributed by atoms with Crippen molar-refractivity contribution < 1.29 is 0 Å². The van der Waals surface area contributed by atoms with Gasteiger partial charge in [-0.1, -0.05) is 53.2 Å². The number of benzene rings is 2. The van der Waals surface area contributed by atoms with Crippen LogP contribution in [0.4, 0.5) is 0 Å². The molecule has 4 aromatic rings. The standard InChI is InChI=1S/C22H19N3OS/c1-15-10-16(2)12-17(11-15)14-27-22-24-20-8-4-3-7-19(20)21(26)25(22)18-6-5-9-23-13-18/h3-13H,14H2,1-2H3. The van der Waals surface area contributed by atoms with Crippen LogP contribution in [0, 0.1) is 13.8 Å². The Bertz CT molecular complexity index is 1150. The van der Waals surface area contributed by atoms with Crippen molar-refractivity contribution in [2.75, 3.05) is 0 Å². The maximum absolute atomic E-state index is 13.2. The molecule has 2 heterocycles. The summed E-state index contributed by atoms with van der Waals surface area (Å²) in [7, 11) is 0. The van der Waals surface area contributed by atoms with E-state index in [2.05, 4.69) is 37.0 Å². The lowest BCUT2D eigenvalue weighted by atomic mass is 10.1. The molecule has 0 saturated heterocycles. The van der Waals surface area contributed by atoms with E-state index >= 15 is 0 Å². The molecule has 0 bridgehead atoms. The molecule has 0 aliphatic heterocycles. The van der Waals surface area contributed by atoms with E-state index < -0.39 is 0 Å². The topological polar surface area (TPSA) is 47.8 Å². The van der Waals surface area contributed by atoms with Gasteiger partial charge in [-0.05, 0) is 43.7 Å². The van der Waals surface area contributed by atoms with Crippen LogP contribution in [0.15, 0.2) is 76.9 Å². The van der Waals surface area contributed by atoms with Crippen molar-refractivity contribution in [1.82, 2.24) is 14.5 Å². The van der Waals surface area contributed by atoms with Gasteiger partial charge in [0.1, 0.15) is 0 Å². The highest BCUT2D eigenvalue weighted by atomic mass is 32.2. The molecule has 4 nitrogen and oxygen atoms in total. The molecule has 0 fully saturated rings. The first-order chi connectivity index (χ1) is 13.1. The molecule has 5 heteroatoms. The van der Waals surface area contributed by atoms with E-state index in [1.807, 2.05) is 36.4 Å². The van der Waals surface area contributed by atoms with E-state index in [1.165, 1.54) is 16.7 Å². The molecule has 0 atom stereocenters. The van der Waals surface area contributed by atoms with Gasteiger partial charge >= 0.3 is 0 Å². The first-order valence-corrected chi connectivity index (χ1v) is 9.72. The number of pyridine rings is 1. The smallest absolute Gasteiger partial charge is 0.266 e. The predicted octanol–water partition coefficient (Wildman–Crippen LogP) is 4.69. The Hall–Kier alpha value is -2.92. The summed E-state index contributed by atoms with van der Waals surface area (Å²) in [6, 6.07) is 17.7. The number of thioether (sulfide) groups is 1. The van der Waals surface area contributed by atoms with Crippen molar-refractivity contribution in [3.05, 3.63) is 94.0 Å². The van der Waals surface area contributed by atoms with Crippen LogP contribution in [0.2, 0.25) is 0 Å². The van der Waals surface area contributed by atoms with Gasteiger partial charge in [0.2, 0.25) is 0 Å². The van der Waals surface area contributed by atoms with Gasteiger partial charge in [0, 0.05) is 11.9 Å². The Labute approximate surface area is 161 Å². The zero-order valence-corrected chi connectivity index (χ0v) is 16.0. The van der Waals surface area contributed by atoms with E-state index in [4.69, 9.17) is 4.98 Å². The molecular formula is C22H19N3OS.